The van der Waals surface area contributed by atoms with Gasteiger partial charge in [-0.3, -0.25) is 9.59 Å². The largest absolute Gasteiger partial charge is 0.361 e. The van der Waals surface area contributed by atoms with Crippen molar-refractivity contribution in [2.24, 2.45) is 16.8 Å². The Morgan fingerprint density at radius 1 is 1.26 bits per heavy atom. The Morgan fingerprint density at radius 2 is 2.00 bits per heavy atom. The van der Waals surface area contributed by atoms with E-state index < -0.39 is 4.75 Å². The second-order valence-corrected chi connectivity index (χ2v) is 10.2. The molecule has 6 heteroatoms. The van der Waals surface area contributed by atoms with Crippen LogP contribution >= 0.6 is 11.8 Å². The maximum Gasteiger partial charge on any atom is 0.265 e. The van der Waals surface area contributed by atoms with Crippen molar-refractivity contribution in [1.82, 2.24) is 10.2 Å². The van der Waals surface area contributed by atoms with E-state index >= 15 is 0 Å². The molecule has 0 spiro atoms. The monoisotopic (exact) mass is 383 g/mol. The van der Waals surface area contributed by atoms with E-state index in [1.54, 1.807) is 0 Å². The number of carbonyl (C=O) groups is 2. The van der Waals surface area contributed by atoms with Crippen LogP contribution in [0.2, 0.25) is 0 Å². The zero-order valence-corrected chi connectivity index (χ0v) is 16.4. The van der Waals surface area contributed by atoms with Crippen molar-refractivity contribution < 1.29 is 9.59 Å². The molecule has 1 aromatic carbocycles. The molecule has 2 bridgehead atoms. The van der Waals surface area contributed by atoms with Crippen LogP contribution < -0.4 is 5.32 Å². The maximum atomic E-state index is 12.9. The smallest absolute Gasteiger partial charge is 0.265 e. The molecule has 2 saturated carbocycles. The fourth-order valence-corrected chi connectivity index (χ4v) is 6.25. The van der Waals surface area contributed by atoms with Crippen LogP contribution in [0.4, 0.5) is 0 Å². The van der Waals surface area contributed by atoms with Crippen molar-refractivity contribution in [1.29, 1.82) is 0 Å². The van der Waals surface area contributed by atoms with Crippen LogP contribution in [0, 0.1) is 11.8 Å². The molecule has 2 heterocycles. The van der Waals surface area contributed by atoms with Crippen LogP contribution in [0.15, 0.2) is 29.3 Å². The van der Waals surface area contributed by atoms with E-state index in [4.69, 9.17) is 0 Å². The van der Waals surface area contributed by atoms with E-state index in [0.29, 0.717) is 19.1 Å². The van der Waals surface area contributed by atoms with Crippen molar-refractivity contribution in [3.05, 3.63) is 35.4 Å². The van der Waals surface area contributed by atoms with Crippen LogP contribution in [0.25, 0.3) is 0 Å². The van der Waals surface area contributed by atoms with Crippen molar-refractivity contribution in [2.75, 3.05) is 0 Å². The predicted octanol–water partition coefficient (Wildman–Crippen LogP) is 3.09. The molecule has 5 rings (SSSR count). The van der Waals surface area contributed by atoms with Gasteiger partial charge in [-0.1, -0.05) is 42.4 Å². The minimum atomic E-state index is -0.786. The highest BCUT2D eigenvalue weighted by atomic mass is 32.2. The minimum Gasteiger partial charge on any atom is -0.361 e. The third-order valence-corrected chi connectivity index (χ3v) is 7.88. The molecule has 2 aliphatic carbocycles. The molecule has 4 atom stereocenters. The van der Waals surface area contributed by atoms with Crippen LogP contribution in [-0.2, 0) is 22.7 Å². The number of amidine groups is 1. The minimum absolute atomic E-state index is 0.0333. The zero-order chi connectivity index (χ0) is 18.6. The molecule has 4 aliphatic rings. The van der Waals surface area contributed by atoms with Crippen LogP contribution in [0.3, 0.4) is 0 Å². The molecule has 27 heavy (non-hydrogen) atoms. The highest BCUT2D eigenvalue weighted by Gasteiger charge is 2.46. The third kappa shape index (κ3) is 3.08. The van der Waals surface area contributed by atoms with Crippen LogP contribution in [0.5, 0.6) is 0 Å². The molecular formula is C21H25N3O2S. The molecule has 1 aromatic rings. The Labute approximate surface area is 164 Å². The average Bonchev–Trinajstić information content (AvgIpc) is 3.39. The molecule has 1 unspecified atom stereocenters. The lowest BCUT2D eigenvalue weighted by Gasteiger charge is -2.26. The predicted molar refractivity (Wildman–Crippen MR) is 106 cm³/mol. The summed E-state index contributed by atoms with van der Waals surface area (Å²) in [6.45, 7) is 3.14. The lowest BCUT2D eigenvalue weighted by atomic mass is 9.96. The molecule has 2 amide bonds. The summed E-state index contributed by atoms with van der Waals surface area (Å²) in [7, 11) is 0. The SMILES string of the molecule is CC1(CC(=O)N2Cc3ccccc3C2)SC(N[C@H]2C[C@H]3CC[C@H]2C3)=NC1=O. The Bertz CT molecular complexity index is 813. The second kappa shape index (κ2) is 6.36. The summed E-state index contributed by atoms with van der Waals surface area (Å²) in [5, 5.41) is 4.24. The number of nitrogens with zero attached hydrogens (tertiary/aromatic N) is 2. The molecule has 0 aromatic heterocycles. The normalized spacial score (nSPS) is 34.1. The van der Waals surface area contributed by atoms with Gasteiger partial charge in [0.05, 0.1) is 6.42 Å². The zero-order valence-electron chi connectivity index (χ0n) is 15.6. The first kappa shape index (κ1) is 17.3. The molecule has 2 fully saturated rings. The quantitative estimate of drug-likeness (QED) is 0.871. The fourth-order valence-electron chi connectivity index (χ4n) is 5.15. The number of thioether (sulfide) groups is 1. The van der Waals surface area contributed by atoms with Gasteiger partial charge < -0.3 is 10.2 Å². The Hall–Kier alpha value is -1.82. The van der Waals surface area contributed by atoms with Gasteiger partial charge in [0, 0.05) is 19.1 Å². The molecule has 142 valence electrons. The number of hydrogen-bond donors (Lipinski definition) is 1. The van der Waals surface area contributed by atoms with Gasteiger partial charge in [-0.15, -0.1) is 0 Å². The van der Waals surface area contributed by atoms with Crippen LogP contribution in [-0.4, -0.2) is 32.7 Å². The third-order valence-electron chi connectivity index (χ3n) is 6.71. The van der Waals surface area contributed by atoms with Gasteiger partial charge in [0.25, 0.3) is 5.91 Å². The first-order valence-corrected chi connectivity index (χ1v) is 10.7. The van der Waals surface area contributed by atoms with Gasteiger partial charge in [-0.25, -0.2) is 0 Å². The summed E-state index contributed by atoms with van der Waals surface area (Å²) in [5.41, 5.74) is 2.41. The Kier molecular flexibility index (Phi) is 4.08. The maximum absolute atomic E-state index is 12.9. The van der Waals surface area contributed by atoms with E-state index in [2.05, 4.69) is 22.4 Å². The Morgan fingerprint density at radius 3 is 2.63 bits per heavy atom. The number of carbonyl (C=O) groups excluding carboxylic acids is 2. The van der Waals surface area contributed by atoms with E-state index in [1.807, 2.05) is 24.0 Å². The summed E-state index contributed by atoms with van der Waals surface area (Å²) >= 11 is 1.45. The molecule has 5 nitrogen and oxygen atoms in total. The molecular weight excluding hydrogens is 358 g/mol. The number of hydrogen-bond acceptors (Lipinski definition) is 4. The van der Waals surface area contributed by atoms with Crippen molar-refractivity contribution in [2.45, 2.75) is 62.9 Å². The van der Waals surface area contributed by atoms with Gasteiger partial charge in [0.1, 0.15) is 4.75 Å². The summed E-state index contributed by atoms with van der Waals surface area (Å²) in [4.78, 5) is 31.6. The lowest BCUT2D eigenvalue weighted by Crippen LogP contribution is -2.39. The van der Waals surface area contributed by atoms with Gasteiger partial charge in [0.2, 0.25) is 5.91 Å². The first-order valence-electron chi connectivity index (χ1n) is 9.93. The number of aliphatic imine (C=N–C) groups is 1. The van der Waals surface area contributed by atoms with E-state index in [9.17, 15) is 9.59 Å². The van der Waals surface area contributed by atoms with Crippen LogP contribution in [0.1, 0.15) is 50.2 Å². The van der Waals surface area contributed by atoms with Crippen molar-refractivity contribution in [3.8, 4) is 0 Å². The fraction of sp³-hybridized carbons (Fsp3) is 0.571. The second-order valence-electron chi connectivity index (χ2n) is 8.68. The van der Waals surface area contributed by atoms with Gasteiger partial charge >= 0.3 is 0 Å². The highest BCUT2D eigenvalue weighted by Crippen LogP contribution is 2.45. The van der Waals surface area contributed by atoms with E-state index in [-0.39, 0.29) is 18.2 Å². The van der Waals surface area contributed by atoms with Crippen molar-refractivity contribution in [3.63, 3.8) is 0 Å². The number of amides is 2. The number of benzene rings is 1. The van der Waals surface area contributed by atoms with Crippen molar-refractivity contribution >= 4 is 28.7 Å². The topological polar surface area (TPSA) is 61.8 Å². The molecule has 1 N–H and O–H groups in total. The molecule has 0 radical (unpaired) electrons. The summed E-state index contributed by atoms with van der Waals surface area (Å²) in [6.07, 6.45) is 5.36. The van der Waals surface area contributed by atoms with Gasteiger partial charge in [-0.2, -0.15) is 4.99 Å². The summed E-state index contributed by atoms with van der Waals surface area (Å²) in [6, 6.07) is 8.60. The van der Waals surface area contributed by atoms with E-state index in [0.717, 1.165) is 17.0 Å². The molecule has 2 aliphatic heterocycles. The average molecular weight is 384 g/mol. The summed E-state index contributed by atoms with van der Waals surface area (Å²) < 4.78 is -0.786. The highest BCUT2D eigenvalue weighted by molar-refractivity contribution is 8.16. The summed E-state index contributed by atoms with van der Waals surface area (Å²) in [5.74, 6) is 1.43. The Balaban J connectivity index is 1.21. The first-order chi connectivity index (χ1) is 13.0. The van der Waals surface area contributed by atoms with E-state index in [1.165, 1.54) is 48.6 Å². The number of fused-ring (bicyclic) bond motifs is 3. The number of rotatable bonds is 3. The van der Waals surface area contributed by atoms with Gasteiger partial charge in [-0.05, 0) is 49.1 Å². The lowest BCUT2D eigenvalue weighted by molar-refractivity contribution is -0.134. The van der Waals surface area contributed by atoms with Gasteiger partial charge in [0.15, 0.2) is 5.17 Å². The standard InChI is InChI=1S/C21H25N3O2S/c1-21(10-18(25)24-11-15-4-2-3-5-16(15)12-24)19(26)23-20(27-21)22-17-9-13-6-7-14(17)8-13/h2-5,13-14,17H,6-12H2,1H3,(H,22,23,26)/t13-,14-,17-,21?/m0/s1. The number of nitrogens with one attached hydrogen (secondary N) is 1. The molecule has 0 saturated heterocycles.